The third-order valence-corrected chi connectivity index (χ3v) is 3.86. The molecule has 0 spiro atoms. The first-order chi connectivity index (χ1) is 9.70. The first-order valence-corrected chi connectivity index (χ1v) is 7.55. The molecule has 0 bridgehead atoms. The summed E-state index contributed by atoms with van der Waals surface area (Å²) in [5, 5.41) is 3.60. The van der Waals surface area contributed by atoms with Crippen molar-refractivity contribution in [2.24, 2.45) is 0 Å². The Bertz CT molecular complexity index is 531. The van der Waals surface area contributed by atoms with Crippen molar-refractivity contribution in [1.82, 2.24) is 5.32 Å². The van der Waals surface area contributed by atoms with Crippen LogP contribution in [0.2, 0.25) is 0 Å². The highest BCUT2D eigenvalue weighted by Gasteiger charge is 2.10. The first kappa shape index (κ1) is 14.8. The molecule has 1 nitrogen and oxygen atoms in total. The van der Waals surface area contributed by atoms with Gasteiger partial charge in [0.15, 0.2) is 0 Å². The molecule has 2 aromatic carbocycles. The van der Waals surface area contributed by atoms with Crippen LogP contribution in [-0.2, 0) is 6.42 Å². The summed E-state index contributed by atoms with van der Waals surface area (Å²) in [6.45, 7) is 7.56. The van der Waals surface area contributed by atoms with E-state index in [-0.39, 0.29) is 0 Å². The van der Waals surface area contributed by atoms with Crippen LogP contribution in [0.15, 0.2) is 48.5 Å². The second-order valence-electron chi connectivity index (χ2n) is 5.49. The van der Waals surface area contributed by atoms with Gasteiger partial charge in [-0.3, -0.25) is 0 Å². The van der Waals surface area contributed by atoms with Gasteiger partial charge in [-0.15, -0.1) is 0 Å². The number of aryl methyl sites for hydroxylation is 3. The fourth-order valence-corrected chi connectivity index (χ4v) is 2.69. The molecule has 1 heteroatoms. The highest BCUT2D eigenvalue weighted by atomic mass is 14.9. The zero-order valence-electron chi connectivity index (χ0n) is 12.8. The molecule has 2 aromatic rings. The Hall–Kier alpha value is -1.60. The van der Waals surface area contributed by atoms with Crippen molar-refractivity contribution in [1.29, 1.82) is 0 Å². The van der Waals surface area contributed by atoms with E-state index >= 15 is 0 Å². The molecule has 0 saturated heterocycles. The van der Waals surface area contributed by atoms with Crippen molar-refractivity contribution < 1.29 is 0 Å². The molecule has 0 aromatic heterocycles. The average molecular weight is 267 g/mol. The standard InChI is InChI=1S/C19H25N/c1-4-20-19(17-8-6-5-7-9-17)13-12-18-14-15(2)10-11-16(18)3/h5-11,14,19-20H,4,12-13H2,1-3H3. The van der Waals surface area contributed by atoms with Crippen LogP contribution in [0.1, 0.15) is 41.6 Å². The maximum atomic E-state index is 3.60. The lowest BCUT2D eigenvalue weighted by molar-refractivity contribution is 0.515. The average Bonchev–Trinajstić information content (AvgIpc) is 2.47. The van der Waals surface area contributed by atoms with Crippen LogP contribution in [-0.4, -0.2) is 6.54 Å². The van der Waals surface area contributed by atoms with Crippen LogP contribution >= 0.6 is 0 Å². The van der Waals surface area contributed by atoms with Crippen molar-refractivity contribution in [2.75, 3.05) is 6.54 Å². The fourth-order valence-electron chi connectivity index (χ4n) is 2.69. The van der Waals surface area contributed by atoms with Gasteiger partial charge in [0.2, 0.25) is 0 Å². The summed E-state index contributed by atoms with van der Waals surface area (Å²) in [6, 6.07) is 18.0. The molecule has 1 N–H and O–H groups in total. The quantitative estimate of drug-likeness (QED) is 0.807. The molecule has 0 heterocycles. The molecule has 0 aliphatic carbocycles. The summed E-state index contributed by atoms with van der Waals surface area (Å²) >= 11 is 0. The van der Waals surface area contributed by atoms with E-state index in [1.807, 2.05) is 0 Å². The summed E-state index contributed by atoms with van der Waals surface area (Å²) in [5.74, 6) is 0. The maximum absolute atomic E-state index is 3.60. The molecular formula is C19H25N. The Morgan fingerprint density at radius 2 is 1.75 bits per heavy atom. The molecule has 0 radical (unpaired) electrons. The predicted molar refractivity (Wildman–Crippen MR) is 87.1 cm³/mol. The Labute approximate surface area is 123 Å². The maximum Gasteiger partial charge on any atom is 0.0323 e. The topological polar surface area (TPSA) is 12.0 Å². The summed E-state index contributed by atoms with van der Waals surface area (Å²) in [5.41, 5.74) is 5.62. The van der Waals surface area contributed by atoms with Crippen LogP contribution < -0.4 is 5.32 Å². The Balaban J connectivity index is 2.07. The lowest BCUT2D eigenvalue weighted by atomic mass is 9.96. The monoisotopic (exact) mass is 267 g/mol. The van der Waals surface area contributed by atoms with Crippen LogP contribution in [0.5, 0.6) is 0 Å². The molecule has 0 fully saturated rings. The largest absolute Gasteiger partial charge is 0.310 e. The number of benzene rings is 2. The van der Waals surface area contributed by atoms with E-state index in [1.54, 1.807) is 0 Å². The van der Waals surface area contributed by atoms with Gasteiger partial charge in [-0.1, -0.05) is 61.0 Å². The second-order valence-corrected chi connectivity index (χ2v) is 5.49. The van der Waals surface area contributed by atoms with Gasteiger partial charge in [0.05, 0.1) is 0 Å². The van der Waals surface area contributed by atoms with Crippen LogP contribution in [0.25, 0.3) is 0 Å². The molecule has 106 valence electrons. The van der Waals surface area contributed by atoms with Crippen molar-refractivity contribution in [3.8, 4) is 0 Å². The Kier molecular flexibility index (Phi) is 5.37. The summed E-state index contributed by atoms with van der Waals surface area (Å²) in [7, 11) is 0. The van der Waals surface area contributed by atoms with Gasteiger partial charge in [0, 0.05) is 6.04 Å². The minimum absolute atomic E-state index is 0.445. The van der Waals surface area contributed by atoms with E-state index in [0.717, 1.165) is 19.4 Å². The third kappa shape index (κ3) is 3.94. The number of nitrogens with one attached hydrogen (secondary N) is 1. The molecule has 0 aliphatic rings. The fraction of sp³-hybridized carbons (Fsp3) is 0.368. The molecular weight excluding hydrogens is 242 g/mol. The van der Waals surface area contributed by atoms with Gasteiger partial charge >= 0.3 is 0 Å². The first-order valence-electron chi connectivity index (χ1n) is 7.55. The van der Waals surface area contributed by atoms with E-state index in [2.05, 4.69) is 74.6 Å². The SMILES string of the molecule is CCNC(CCc1cc(C)ccc1C)c1ccccc1. The third-order valence-electron chi connectivity index (χ3n) is 3.86. The zero-order chi connectivity index (χ0) is 14.4. The number of hydrogen-bond donors (Lipinski definition) is 1. The highest BCUT2D eigenvalue weighted by Crippen LogP contribution is 2.21. The van der Waals surface area contributed by atoms with Crippen LogP contribution in [0.3, 0.4) is 0 Å². The van der Waals surface area contributed by atoms with Crippen molar-refractivity contribution >= 4 is 0 Å². The number of rotatable bonds is 6. The molecule has 1 atom stereocenters. The van der Waals surface area contributed by atoms with E-state index < -0.39 is 0 Å². The van der Waals surface area contributed by atoms with Gasteiger partial charge < -0.3 is 5.32 Å². The van der Waals surface area contributed by atoms with E-state index in [4.69, 9.17) is 0 Å². The van der Waals surface area contributed by atoms with Crippen molar-refractivity contribution in [2.45, 2.75) is 39.7 Å². The molecule has 0 amide bonds. The second kappa shape index (κ2) is 7.25. The molecule has 0 saturated carbocycles. The lowest BCUT2D eigenvalue weighted by Crippen LogP contribution is -2.21. The van der Waals surface area contributed by atoms with Gasteiger partial charge in [0.1, 0.15) is 0 Å². The molecule has 0 aliphatic heterocycles. The van der Waals surface area contributed by atoms with Crippen LogP contribution in [0.4, 0.5) is 0 Å². The van der Waals surface area contributed by atoms with E-state index in [1.165, 1.54) is 22.3 Å². The minimum Gasteiger partial charge on any atom is -0.310 e. The summed E-state index contributed by atoms with van der Waals surface area (Å²) in [6.07, 6.45) is 2.27. The summed E-state index contributed by atoms with van der Waals surface area (Å²) in [4.78, 5) is 0. The van der Waals surface area contributed by atoms with Gasteiger partial charge in [0.25, 0.3) is 0 Å². The Morgan fingerprint density at radius 1 is 1.00 bits per heavy atom. The van der Waals surface area contributed by atoms with Gasteiger partial charge in [-0.05, 0) is 49.9 Å². The van der Waals surface area contributed by atoms with Crippen LogP contribution in [0, 0.1) is 13.8 Å². The Morgan fingerprint density at radius 3 is 2.45 bits per heavy atom. The minimum atomic E-state index is 0.445. The van der Waals surface area contributed by atoms with Crippen molar-refractivity contribution in [3.05, 3.63) is 70.8 Å². The van der Waals surface area contributed by atoms with Gasteiger partial charge in [-0.25, -0.2) is 0 Å². The van der Waals surface area contributed by atoms with E-state index in [0.29, 0.717) is 6.04 Å². The zero-order valence-corrected chi connectivity index (χ0v) is 12.8. The number of hydrogen-bond acceptors (Lipinski definition) is 1. The highest BCUT2D eigenvalue weighted by molar-refractivity contribution is 5.31. The lowest BCUT2D eigenvalue weighted by Gasteiger charge is -2.19. The predicted octanol–water partition coefficient (Wildman–Crippen LogP) is 4.59. The molecule has 1 unspecified atom stereocenters. The normalized spacial score (nSPS) is 12.3. The molecule has 20 heavy (non-hydrogen) atoms. The summed E-state index contributed by atoms with van der Waals surface area (Å²) < 4.78 is 0. The van der Waals surface area contributed by atoms with E-state index in [9.17, 15) is 0 Å². The smallest absolute Gasteiger partial charge is 0.0323 e. The van der Waals surface area contributed by atoms with Crippen molar-refractivity contribution in [3.63, 3.8) is 0 Å². The molecule has 2 rings (SSSR count). The van der Waals surface area contributed by atoms with Gasteiger partial charge in [-0.2, -0.15) is 0 Å².